The standard InChI is InChI=1S/C28H36Cl3NO4S/c29-20-15-19(16-21(30)17-20)5-7-24-23(25(31)18-26(24)33)4-1-3-22-6-8-27(37-22)28(34)36-12-2-9-32-10-13-35-14-11-32/h6,8,15-17,23-26,33H,1-5,7,9-14,18H2/t23-,24-,25-,26-/m1/s1. The predicted molar refractivity (Wildman–Crippen MR) is 151 cm³/mol. The maximum absolute atomic E-state index is 12.4. The van der Waals surface area contributed by atoms with Crippen LogP contribution in [0, 0.1) is 11.8 Å². The number of thiophene rings is 1. The molecule has 9 heteroatoms. The summed E-state index contributed by atoms with van der Waals surface area (Å²) in [5.41, 5.74) is 1.08. The van der Waals surface area contributed by atoms with Crippen molar-refractivity contribution < 1.29 is 19.4 Å². The average molecular weight is 589 g/mol. The van der Waals surface area contributed by atoms with Crippen molar-refractivity contribution in [3.63, 3.8) is 0 Å². The Balaban J connectivity index is 1.19. The third-order valence-corrected chi connectivity index (χ3v) is 9.51. The minimum atomic E-state index is -0.381. The maximum atomic E-state index is 12.4. The number of aryl methyl sites for hydroxylation is 2. The first-order valence-electron chi connectivity index (χ1n) is 13.2. The Morgan fingerprint density at radius 1 is 1.05 bits per heavy atom. The quantitative estimate of drug-likeness (QED) is 0.174. The molecule has 37 heavy (non-hydrogen) atoms. The molecule has 204 valence electrons. The molecule has 1 aliphatic heterocycles. The van der Waals surface area contributed by atoms with Crippen LogP contribution in [0.4, 0.5) is 0 Å². The lowest BCUT2D eigenvalue weighted by Crippen LogP contribution is -2.37. The van der Waals surface area contributed by atoms with Crippen LogP contribution in [0.1, 0.15) is 52.2 Å². The second kappa shape index (κ2) is 14.5. The van der Waals surface area contributed by atoms with Crippen molar-refractivity contribution in [3.05, 3.63) is 55.7 Å². The van der Waals surface area contributed by atoms with Crippen LogP contribution in [-0.4, -0.2) is 66.9 Å². The summed E-state index contributed by atoms with van der Waals surface area (Å²) in [6.45, 7) is 4.83. The largest absolute Gasteiger partial charge is 0.461 e. The van der Waals surface area contributed by atoms with Gasteiger partial charge in [-0.3, -0.25) is 4.90 Å². The molecule has 2 aromatic rings. The van der Waals surface area contributed by atoms with Crippen LogP contribution >= 0.6 is 46.1 Å². The molecule has 0 bridgehead atoms. The lowest BCUT2D eigenvalue weighted by atomic mass is 9.85. The molecule has 1 aromatic heterocycles. The molecule has 2 fully saturated rings. The molecular weight excluding hydrogens is 553 g/mol. The number of ether oxygens (including phenoxy) is 2. The Hall–Kier alpha value is -0.860. The molecule has 4 rings (SSSR count). The predicted octanol–water partition coefficient (Wildman–Crippen LogP) is 6.49. The average Bonchev–Trinajstić information content (AvgIpc) is 3.44. The van der Waals surface area contributed by atoms with Gasteiger partial charge in [-0.05, 0) is 92.7 Å². The van der Waals surface area contributed by atoms with E-state index in [1.165, 1.54) is 16.2 Å². The van der Waals surface area contributed by atoms with E-state index in [2.05, 4.69) is 4.90 Å². The summed E-state index contributed by atoms with van der Waals surface area (Å²) >= 11 is 20.5. The van der Waals surface area contributed by atoms with Crippen molar-refractivity contribution in [1.29, 1.82) is 0 Å². The van der Waals surface area contributed by atoms with Crippen LogP contribution in [-0.2, 0) is 22.3 Å². The van der Waals surface area contributed by atoms with Gasteiger partial charge in [0.1, 0.15) is 4.88 Å². The van der Waals surface area contributed by atoms with Gasteiger partial charge in [-0.25, -0.2) is 4.79 Å². The highest BCUT2D eigenvalue weighted by molar-refractivity contribution is 7.13. The lowest BCUT2D eigenvalue weighted by molar-refractivity contribution is 0.0300. The molecule has 2 heterocycles. The first kappa shape index (κ1) is 29.1. The van der Waals surface area contributed by atoms with E-state index in [0.717, 1.165) is 76.9 Å². The third-order valence-electron chi connectivity index (χ3n) is 7.44. The summed E-state index contributed by atoms with van der Waals surface area (Å²) < 4.78 is 10.8. The van der Waals surface area contributed by atoms with E-state index >= 15 is 0 Å². The van der Waals surface area contributed by atoms with E-state index in [9.17, 15) is 9.90 Å². The number of halogens is 3. The van der Waals surface area contributed by atoms with Crippen molar-refractivity contribution in [2.45, 2.75) is 56.4 Å². The van der Waals surface area contributed by atoms with Gasteiger partial charge in [0.2, 0.25) is 0 Å². The number of benzene rings is 1. The Morgan fingerprint density at radius 2 is 1.81 bits per heavy atom. The number of carbonyl (C=O) groups excluding carboxylic acids is 1. The molecule has 1 saturated carbocycles. The SMILES string of the molecule is O=C(OCCCN1CCOCC1)c1ccc(CCC[C@@H]2[C@@H](CCc3cc(Cl)cc(Cl)c3)[C@H](O)C[C@H]2Cl)s1. The smallest absolute Gasteiger partial charge is 0.348 e. The molecule has 1 N–H and O–H groups in total. The van der Waals surface area contributed by atoms with Crippen LogP contribution in [0.5, 0.6) is 0 Å². The molecule has 0 amide bonds. The molecule has 0 unspecified atom stereocenters. The van der Waals surface area contributed by atoms with Crippen LogP contribution in [0.25, 0.3) is 0 Å². The second-order valence-corrected chi connectivity index (χ2v) is 12.7. The summed E-state index contributed by atoms with van der Waals surface area (Å²) in [5, 5.41) is 11.9. The number of aliphatic hydroxyl groups is 1. The highest BCUT2D eigenvalue weighted by Crippen LogP contribution is 2.42. The molecule has 0 radical (unpaired) electrons. The van der Waals surface area contributed by atoms with Gasteiger partial charge in [-0.1, -0.05) is 23.2 Å². The molecule has 1 aliphatic carbocycles. The molecule has 5 nitrogen and oxygen atoms in total. The van der Waals surface area contributed by atoms with Crippen molar-refractivity contribution in [2.75, 3.05) is 39.5 Å². The molecule has 1 saturated heterocycles. The Bertz CT molecular complexity index is 993. The fourth-order valence-corrected chi connectivity index (χ4v) is 7.52. The van der Waals surface area contributed by atoms with Crippen LogP contribution in [0.3, 0.4) is 0 Å². The number of nitrogens with zero attached hydrogens (tertiary/aromatic N) is 1. The highest BCUT2D eigenvalue weighted by atomic mass is 35.5. The van der Waals surface area contributed by atoms with Gasteiger partial charge in [-0.2, -0.15) is 0 Å². The summed E-state index contributed by atoms with van der Waals surface area (Å²) in [7, 11) is 0. The number of rotatable bonds is 12. The number of morpholine rings is 1. The fourth-order valence-electron chi connectivity index (χ4n) is 5.51. The van der Waals surface area contributed by atoms with Gasteiger partial charge in [0.05, 0.1) is 25.9 Å². The minimum absolute atomic E-state index is 0.0192. The highest BCUT2D eigenvalue weighted by Gasteiger charge is 2.40. The van der Waals surface area contributed by atoms with Gasteiger partial charge >= 0.3 is 5.97 Å². The number of alkyl halides is 1. The Morgan fingerprint density at radius 3 is 2.57 bits per heavy atom. The molecule has 2 aliphatic rings. The zero-order chi connectivity index (χ0) is 26.2. The van der Waals surface area contributed by atoms with Gasteiger partial charge < -0.3 is 14.6 Å². The molecular formula is C28H36Cl3NO4S. The first-order chi connectivity index (χ1) is 17.9. The first-order valence-corrected chi connectivity index (χ1v) is 15.2. The van der Waals surface area contributed by atoms with E-state index in [0.29, 0.717) is 28.0 Å². The van der Waals surface area contributed by atoms with E-state index < -0.39 is 0 Å². The van der Waals surface area contributed by atoms with Crippen LogP contribution in [0.15, 0.2) is 30.3 Å². The normalized spacial score (nSPS) is 24.4. The fraction of sp³-hybridized carbons (Fsp3) is 0.607. The van der Waals surface area contributed by atoms with Crippen molar-refractivity contribution >= 4 is 52.1 Å². The summed E-state index contributed by atoms with van der Waals surface area (Å²) in [5.74, 6) is 0.188. The van der Waals surface area contributed by atoms with Gasteiger partial charge in [0.15, 0.2) is 0 Å². The van der Waals surface area contributed by atoms with E-state index in [-0.39, 0.29) is 29.3 Å². The monoisotopic (exact) mass is 587 g/mol. The zero-order valence-corrected chi connectivity index (χ0v) is 24.1. The lowest BCUT2D eigenvalue weighted by Gasteiger charge is -2.26. The van der Waals surface area contributed by atoms with E-state index in [1.54, 1.807) is 6.07 Å². The van der Waals surface area contributed by atoms with Crippen LogP contribution in [0.2, 0.25) is 10.0 Å². The topological polar surface area (TPSA) is 59.0 Å². The van der Waals surface area contributed by atoms with Crippen molar-refractivity contribution in [3.8, 4) is 0 Å². The number of hydrogen-bond donors (Lipinski definition) is 1. The second-order valence-electron chi connectivity index (χ2n) is 10.1. The number of hydrogen-bond acceptors (Lipinski definition) is 6. The number of aliphatic hydroxyl groups excluding tert-OH is 1. The Labute approximate surface area is 239 Å². The molecule has 0 spiro atoms. The summed E-state index contributed by atoms with van der Waals surface area (Å²) in [6, 6.07) is 9.50. The Kier molecular flexibility index (Phi) is 11.4. The van der Waals surface area contributed by atoms with E-state index in [1.807, 2.05) is 24.3 Å². The molecule has 4 atom stereocenters. The third kappa shape index (κ3) is 8.82. The number of esters is 1. The maximum Gasteiger partial charge on any atom is 0.348 e. The zero-order valence-electron chi connectivity index (χ0n) is 21.0. The van der Waals surface area contributed by atoms with Gasteiger partial charge in [0, 0.05) is 39.9 Å². The van der Waals surface area contributed by atoms with Gasteiger partial charge in [-0.15, -0.1) is 22.9 Å². The van der Waals surface area contributed by atoms with Gasteiger partial charge in [0.25, 0.3) is 0 Å². The number of carbonyl (C=O) groups is 1. The van der Waals surface area contributed by atoms with Crippen LogP contribution < -0.4 is 0 Å². The van der Waals surface area contributed by atoms with Crippen molar-refractivity contribution in [1.82, 2.24) is 4.90 Å². The summed E-state index contributed by atoms with van der Waals surface area (Å²) in [4.78, 5) is 16.6. The van der Waals surface area contributed by atoms with Crippen molar-refractivity contribution in [2.24, 2.45) is 11.8 Å². The van der Waals surface area contributed by atoms with E-state index in [4.69, 9.17) is 44.3 Å². The minimum Gasteiger partial charge on any atom is -0.461 e. The summed E-state index contributed by atoms with van der Waals surface area (Å²) in [6.07, 6.45) is 5.56. The molecule has 1 aromatic carbocycles.